The zero-order chi connectivity index (χ0) is 13.3. The molecule has 4 heteroatoms. The van der Waals surface area contributed by atoms with E-state index in [1.54, 1.807) is 24.3 Å². The van der Waals surface area contributed by atoms with Crippen molar-refractivity contribution in [2.45, 2.75) is 38.4 Å². The molecule has 0 amide bonds. The standard InChI is InChI=1S/C14H17ClO3/c1-3-14(17,4-2)13(16)12-8-9-7-10(15)5-6-11(9)18-12/h5-8,13,16-17H,3-4H2,1-2H3. The number of hydrogen-bond acceptors (Lipinski definition) is 3. The molecule has 0 aliphatic heterocycles. The number of benzene rings is 1. The molecule has 18 heavy (non-hydrogen) atoms. The molecule has 0 spiro atoms. The van der Waals surface area contributed by atoms with Gasteiger partial charge in [-0.05, 0) is 37.1 Å². The fraction of sp³-hybridized carbons (Fsp3) is 0.429. The molecule has 0 aliphatic rings. The summed E-state index contributed by atoms with van der Waals surface area (Å²) in [5.41, 5.74) is -0.500. The molecular formula is C14H17ClO3. The molecule has 0 saturated heterocycles. The van der Waals surface area contributed by atoms with Gasteiger partial charge < -0.3 is 14.6 Å². The summed E-state index contributed by atoms with van der Waals surface area (Å²) in [6, 6.07) is 6.98. The molecule has 0 aliphatic carbocycles. The molecule has 98 valence electrons. The lowest BCUT2D eigenvalue weighted by Crippen LogP contribution is -2.34. The van der Waals surface area contributed by atoms with Crippen molar-refractivity contribution in [2.75, 3.05) is 0 Å². The summed E-state index contributed by atoms with van der Waals surface area (Å²) in [4.78, 5) is 0. The van der Waals surface area contributed by atoms with Gasteiger partial charge in [-0.15, -0.1) is 0 Å². The number of aliphatic hydroxyl groups excluding tert-OH is 1. The largest absolute Gasteiger partial charge is 0.458 e. The maximum Gasteiger partial charge on any atom is 0.140 e. The first-order valence-corrected chi connectivity index (χ1v) is 6.47. The summed E-state index contributed by atoms with van der Waals surface area (Å²) in [6.07, 6.45) is -0.107. The third kappa shape index (κ3) is 2.26. The summed E-state index contributed by atoms with van der Waals surface area (Å²) in [5, 5.41) is 22.0. The van der Waals surface area contributed by atoms with E-state index in [1.807, 2.05) is 13.8 Å². The lowest BCUT2D eigenvalue weighted by molar-refractivity contribution is -0.0899. The Kier molecular flexibility index (Phi) is 3.66. The second kappa shape index (κ2) is 4.92. The fourth-order valence-corrected chi connectivity index (χ4v) is 2.25. The monoisotopic (exact) mass is 268 g/mol. The van der Waals surface area contributed by atoms with Crippen molar-refractivity contribution in [1.29, 1.82) is 0 Å². The Hall–Kier alpha value is -1.03. The van der Waals surface area contributed by atoms with E-state index in [9.17, 15) is 10.2 Å². The van der Waals surface area contributed by atoms with Gasteiger partial charge in [0.2, 0.25) is 0 Å². The highest BCUT2D eigenvalue weighted by Crippen LogP contribution is 2.35. The molecule has 0 radical (unpaired) electrons. The minimum Gasteiger partial charge on any atom is -0.458 e. The van der Waals surface area contributed by atoms with Crippen molar-refractivity contribution in [3.05, 3.63) is 35.0 Å². The number of hydrogen-bond donors (Lipinski definition) is 2. The van der Waals surface area contributed by atoms with Crippen molar-refractivity contribution >= 4 is 22.6 Å². The first-order valence-electron chi connectivity index (χ1n) is 6.09. The molecule has 2 rings (SSSR count). The van der Waals surface area contributed by atoms with Crippen LogP contribution in [0.1, 0.15) is 38.6 Å². The first-order chi connectivity index (χ1) is 8.50. The Morgan fingerprint density at radius 1 is 1.28 bits per heavy atom. The van der Waals surface area contributed by atoms with Crippen LogP contribution in [0.25, 0.3) is 11.0 Å². The second-order valence-electron chi connectivity index (χ2n) is 4.54. The molecule has 0 saturated carbocycles. The number of furan rings is 1. The lowest BCUT2D eigenvalue weighted by atomic mass is 9.89. The fourth-order valence-electron chi connectivity index (χ4n) is 2.07. The molecule has 3 nitrogen and oxygen atoms in total. The van der Waals surface area contributed by atoms with E-state index in [1.165, 1.54) is 0 Å². The van der Waals surface area contributed by atoms with Crippen molar-refractivity contribution in [1.82, 2.24) is 0 Å². The first kappa shape index (κ1) is 13.4. The Morgan fingerprint density at radius 3 is 2.56 bits per heavy atom. The zero-order valence-electron chi connectivity index (χ0n) is 10.5. The van der Waals surface area contributed by atoms with Gasteiger partial charge in [0.15, 0.2) is 0 Å². The number of halogens is 1. The van der Waals surface area contributed by atoms with Gasteiger partial charge in [0, 0.05) is 10.4 Å². The van der Waals surface area contributed by atoms with Crippen LogP contribution in [0.3, 0.4) is 0 Å². The van der Waals surface area contributed by atoms with E-state index in [0.29, 0.717) is 29.2 Å². The van der Waals surface area contributed by atoms with E-state index < -0.39 is 11.7 Å². The van der Waals surface area contributed by atoms with E-state index in [-0.39, 0.29) is 0 Å². The summed E-state index contributed by atoms with van der Waals surface area (Å²) in [7, 11) is 0. The number of rotatable bonds is 4. The lowest BCUT2D eigenvalue weighted by Gasteiger charge is -2.29. The normalized spacial score (nSPS) is 14.1. The zero-order valence-corrected chi connectivity index (χ0v) is 11.2. The van der Waals surface area contributed by atoms with E-state index in [4.69, 9.17) is 16.0 Å². The summed E-state index contributed by atoms with van der Waals surface area (Å²) < 4.78 is 5.57. The molecule has 1 aromatic heterocycles. The van der Waals surface area contributed by atoms with Crippen LogP contribution in [0.15, 0.2) is 28.7 Å². The van der Waals surface area contributed by atoms with Crippen molar-refractivity contribution in [3.63, 3.8) is 0 Å². The molecule has 1 atom stereocenters. The van der Waals surface area contributed by atoms with Crippen LogP contribution in [0.5, 0.6) is 0 Å². The molecular weight excluding hydrogens is 252 g/mol. The van der Waals surface area contributed by atoms with E-state index in [0.717, 1.165) is 5.39 Å². The highest BCUT2D eigenvalue weighted by atomic mass is 35.5. The maximum absolute atomic E-state index is 10.3. The average Bonchev–Trinajstić information content (AvgIpc) is 2.79. The smallest absolute Gasteiger partial charge is 0.140 e. The Morgan fingerprint density at radius 2 is 1.94 bits per heavy atom. The molecule has 1 unspecified atom stereocenters. The van der Waals surface area contributed by atoms with Crippen molar-refractivity contribution in [2.24, 2.45) is 0 Å². The SMILES string of the molecule is CCC(O)(CC)C(O)c1cc2cc(Cl)ccc2o1. The molecule has 0 bridgehead atoms. The van der Waals surface area contributed by atoms with Gasteiger partial charge in [-0.3, -0.25) is 0 Å². The summed E-state index contributed by atoms with van der Waals surface area (Å²) >= 11 is 5.90. The highest BCUT2D eigenvalue weighted by Gasteiger charge is 2.35. The highest BCUT2D eigenvalue weighted by molar-refractivity contribution is 6.31. The minimum atomic E-state index is -1.16. The average molecular weight is 269 g/mol. The van der Waals surface area contributed by atoms with Gasteiger partial charge in [-0.2, -0.15) is 0 Å². The van der Waals surface area contributed by atoms with Crippen LogP contribution in [0, 0.1) is 0 Å². The van der Waals surface area contributed by atoms with Gasteiger partial charge in [-0.25, -0.2) is 0 Å². The molecule has 0 fully saturated rings. The van der Waals surface area contributed by atoms with Crippen LogP contribution in [-0.4, -0.2) is 15.8 Å². The van der Waals surface area contributed by atoms with Gasteiger partial charge in [0.05, 0.1) is 5.60 Å². The third-order valence-corrected chi connectivity index (χ3v) is 3.74. The Labute approximate surface area is 111 Å². The van der Waals surface area contributed by atoms with Crippen molar-refractivity contribution in [3.8, 4) is 0 Å². The van der Waals surface area contributed by atoms with E-state index >= 15 is 0 Å². The van der Waals surface area contributed by atoms with Gasteiger partial charge in [0.1, 0.15) is 17.4 Å². The molecule has 1 heterocycles. The second-order valence-corrected chi connectivity index (χ2v) is 4.98. The Balaban J connectivity index is 2.42. The number of aliphatic hydroxyl groups is 2. The van der Waals surface area contributed by atoms with Gasteiger partial charge >= 0.3 is 0 Å². The Bertz CT molecular complexity index is 543. The predicted octanol–water partition coefficient (Wildman–Crippen LogP) is 3.67. The van der Waals surface area contributed by atoms with Crippen LogP contribution in [-0.2, 0) is 0 Å². The maximum atomic E-state index is 10.3. The van der Waals surface area contributed by atoms with Crippen molar-refractivity contribution < 1.29 is 14.6 Å². The topological polar surface area (TPSA) is 53.6 Å². The van der Waals surface area contributed by atoms with Crippen LogP contribution in [0.4, 0.5) is 0 Å². The molecule has 1 aromatic carbocycles. The minimum absolute atomic E-state index is 0.374. The van der Waals surface area contributed by atoms with Crippen LogP contribution < -0.4 is 0 Å². The van der Waals surface area contributed by atoms with Crippen LogP contribution >= 0.6 is 11.6 Å². The third-order valence-electron chi connectivity index (χ3n) is 3.50. The van der Waals surface area contributed by atoms with Gasteiger partial charge in [0.25, 0.3) is 0 Å². The summed E-state index contributed by atoms with van der Waals surface area (Å²) in [5.74, 6) is 0.374. The number of fused-ring (bicyclic) bond motifs is 1. The van der Waals surface area contributed by atoms with Crippen LogP contribution in [0.2, 0.25) is 5.02 Å². The quantitative estimate of drug-likeness (QED) is 0.890. The van der Waals surface area contributed by atoms with Gasteiger partial charge in [-0.1, -0.05) is 25.4 Å². The summed E-state index contributed by atoms with van der Waals surface area (Å²) in [6.45, 7) is 3.68. The predicted molar refractivity (Wildman–Crippen MR) is 71.7 cm³/mol. The molecule has 2 aromatic rings. The van der Waals surface area contributed by atoms with E-state index in [2.05, 4.69) is 0 Å². The molecule has 2 N–H and O–H groups in total.